The zero-order valence-corrected chi connectivity index (χ0v) is 17.8. The van der Waals surface area contributed by atoms with Crippen LogP contribution < -0.4 is 10.1 Å². The van der Waals surface area contributed by atoms with Crippen LogP contribution in [0.5, 0.6) is 5.88 Å². The number of pyridine rings is 1. The van der Waals surface area contributed by atoms with Crippen LogP contribution in [0.3, 0.4) is 0 Å². The van der Waals surface area contributed by atoms with Gasteiger partial charge >= 0.3 is 6.18 Å². The summed E-state index contributed by atoms with van der Waals surface area (Å²) in [6, 6.07) is 5.88. The Bertz CT molecular complexity index is 995. The first-order valence-electron chi connectivity index (χ1n) is 9.21. The highest BCUT2D eigenvalue weighted by molar-refractivity contribution is 6.42. The zero-order chi connectivity index (χ0) is 22.6. The Hall–Kier alpha value is -2.52. The Kier molecular flexibility index (Phi) is 7.27. The third kappa shape index (κ3) is 6.48. The van der Waals surface area contributed by atoms with Gasteiger partial charge in [-0.2, -0.15) is 13.2 Å². The molecule has 166 valence electrons. The fraction of sp³-hybridized carbons (Fsp3) is 0.350. The highest BCUT2D eigenvalue weighted by Crippen LogP contribution is 2.34. The molecule has 3 rings (SSSR count). The van der Waals surface area contributed by atoms with E-state index >= 15 is 0 Å². The molecule has 1 saturated carbocycles. The van der Waals surface area contributed by atoms with Gasteiger partial charge in [0.1, 0.15) is 7.11 Å². The van der Waals surface area contributed by atoms with Gasteiger partial charge in [0.25, 0.3) is 5.91 Å². The van der Waals surface area contributed by atoms with Crippen molar-refractivity contribution in [2.45, 2.75) is 19.0 Å². The van der Waals surface area contributed by atoms with Crippen LogP contribution in [0.15, 0.2) is 35.6 Å². The number of ether oxygens (including phenoxy) is 1. The lowest BCUT2D eigenvalue weighted by atomic mass is 10.0. The van der Waals surface area contributed by atoms with Crippen LogP contribution in [-0.2, 0) is 4.84 Å². The summed E-state index contributed by atoms with van der Waals surface area (Å²) in [5, 5.41) is 7.12. The smallest absolute Gasteiger partial charge is 0.422 e. The van der Waals surface area contributed by atoms with E-state index in [1.165, 1.54) is 25.3 Å². The van der Waals surface area contributed by atoms with Crippen molar-refractivity contribution in [1.82, 2.24) is 10.3 Å². The Morgan fingerprint density at radius 3 is 2.61 bits per heavy atom. The quantitative estimate of drug-likeness (QED) is 0.423. The van der Waals surface area contributed by atoms with E-state index in [1.807, 2.05) is 0 Å². The number of carbonyl (C=O) groups is 1. The van der Waals surface area contributed by atoms with Gasteiger partial charge in [0, 0.05) is 17.7 Å². The van der Waals surface area contributed by atoms with Crippen LogP contribution in [0.1, 0.15) is 23.2 Å². The van der Waals surface area contributed by atoms with Crippen molar-refractivity contribution < 1.29 is 27.5 Å². The molecule has 0 atom stereocenters. The fourth-order valence-electron chi connectivity index (χ4n) is 2.77. The molecule has 1 aliphatic carbocycles. The van der Waals surface area contributed by atoms with Crippen LogP contribution in [0.25, 0.3) is 11.1 Å². The van der Waals surface area contributed by atoms with E-state index in [9.17, 15) is 18.0 Å². The molecule has 1 fully saturated rings. The van der Waals surface area contributed by atoms with Crippen molar-refractivity contribution in [1.29, 1.82) is 0 Å². The second kappa shape index (κ2) is 9.74. The summed E-state index contributed by atoms with van der Waals surface area (Å²) in [5.41, 5.74) is 1.42. The summed E-state index contributed by atoms with van der Waals surface area (Å²) in [5.74, 6) is -0.476. The van der Waals surface area contributed by atoms with E-state index < -0.39 is 18.7 Å². The highest BCUT2D eigenvalue weighted by Gasteiger charge is 2.30. The molecule has 0 saturated heterocycles. The standard InChI is InChI=1S/C20H18Cl2F3N3O3/c1-30-28-17(11-2-3-11)9-26-18(29)13-6-14(12-4-5-15(21)16(22)7-12)19(27-8-13)31-10-20(23,24)25/h4-8,11H,2-3,9-10H2,1H3,(H,26,29)/b28-17+. The minimum atomic E-state index is -4.55. The monoisotopic (exact) mass is 475 g/mol. The van der Waals surface area contributed by atoms with E-state index in [0.29, 0.717) is 5.56 Å². The number of nitrogens with zero attached hydrogens (tertiary/aromatic N) is 2. The first-order chi connectivity index (χ1) is 14.7. The molecule has 0 aliphatic heterocycles. The number of oxime groups is 1. The maximum atomic E-state index is 12.6. The molecule has 1 N–H and O–H groups in total. The van der Waals surface area contributed by atoms with Crippen molar-refractivity contribution in [2.75, 3.05) is 20.3 Å². The summed E-state index contributed by atoms with van der Waals surface area (Å²) in [6.45, 7) is -1.34. The predicted octanol–water partition coefficient (Wildman–Crippen LogP) is 5.14. The third-order valence-corrected chi connectivity index (χ3v) is 5.14. The van der Waals surface area contributed by atoms with Crippen molar-refractivity contribution in [3.63, 3.8) is 0 Å². The van der Waals surface area contributed by atoms with Gasteiger partial charge in [-0.3, -0.25) is 4.79 Å². The summed E-state index contributed by atoms with van der Waals surface area (Å²) in [4.78, 5) is 21.3. The van der Waals surface area contributed by atoms with Crippen LogP contribution in [0.2, 0.25) is 10.0 Å². The van der Waals surface area contributed by atoms with Crippen molar-refractivity contribution in [3.05, 3.63) is 46.1 Å². The SMILES string of the molecule is CO/N=C(\CNC(=O)c1cnc(OCC(F)(F)F)c(-c2ccc(Cl)c(Cl)c2)c1)C1CC1. The molecule has 6 nitrogen and oxygen atoms in total. The summed E-state index contributed by atoms with van der Waals surface area (Å²) < 4.78 is 42.7. The van der Waals surface area contributed by atoms with Gasteiger partial charge in [0.05, 0.1) is 27.9 Å². The number of hydrogen-bond donors (Lipinski definition) is 1. The number of halogens is 5. The van der Waals surface area contributed by atoms with Gasteiger partial charge in [0.2, 0.25) is 5.88 Å². The Morgan fingerprint density at radius 2 is 2.00 bits per heavy atom. The largest absolute Gasteiger partial charge is 0.468 e. The van der Waals surface area contributed by atoms with Gasteiger partial charge < -0.3 is 14.9 Å². The molecule has 0 bridgehead atoms. The van der Waals surface area contributed by atoms with Crippen molar-refractivity contribution in [2.24, 2.45) is 11.1 Å². The zero-order valence-electron chi connectivity index (χ0n) is 16.3. The number of rotatable bonds is 8. The molecular weight excluding hydrogens is 458 g/mol. The van der Waals surface area contributed by atoms with E-state index in [2.05, 4.69) is 15.5 Å². The normalized spacial score (nSPS) is 14.3. The highest BCUT2D eigenvalue weighted by atomic mass is 35.5. The van der Waals surface area contributed by atoms with Gasteiger partial charge in [-0.1, -0.05) is 34.4 Å². The topological polar surface area (TPSA) is 72.8 Å². The number of hydrogen-bond acceptors (Lipinski definition) is 5. The average Bonchev–Trinajstić information content (AvgIpc) is 3.56. The number of amides is 1. The summed E-state index contributed by atoms with van der Waals surface area (Å²) in [7, 11) is 1.43. The third-order valence-electron chi connectivity index (χ3n) is 4.40. The Morgan fingerprint density at radius 1 is 1.26 bits per heavy atom. The lowest BCUT2D eigenvalue weighted by Crippen LogP contribution is -2.30. The first kappa shape index (κ1) is 23.1. The molecule has 2 aromatic rings. The van der Waals surface area contributed by atoms with Crippen LogP contribution in [0, 0.1) is 5.92 Å². The van der Waals surface area contributed by atoms with Gasteiger partial charge in [0.15, 0.2) is 6.61 Å². The maximum absolute atomic E-state index is 12.6. The minimum absolute atomic E-state index is 0.132. The van der Waals surface area contributed by atoms with E-state index in [1.54, 1.807) is 6.07 Å². The predicted molar refractivity (Wildman–Crippen MR) is 111 cm³/mol. The lowest BCUT2D eigenvalue weighted by molar-refractivity contribution is -0.154. The van der Waals surface area contributed by atoms with Crippen molar-refractivity contribution in [3.8, 4) is 17.0 Å². The lowest BCUT2D eigenvalue weighted by Gasteiger charge is -2.14. The van der Waals surface area contributed by atoms with Gasteiger partial charge in [-0.15, -0.1) is 0 Å². The molecule has 1 aromatic heterocycles. The van der Waals surface area contributed by atoms with Crippen LogP contribution >= 0.6 is 23.2 Å². The molecule has 31 heavy (non-hydrogen) atoms. The molecule has 0 radical (unpaired) electrons. The van der Waals surface area contributed by atoms with Gasteiger partial charge in [-0.05, 0) is 36.6 Å². The summed E-state index contributed by atoms with van der Waals surface area (Å²) >= 11 is 12.0. The number of aromatic nitrogens is 1. The average molecular weight is 476 g/mol. The molecule has 1 amide bonds. The Balaban J connectivity index is 1.86. The molecule has 1 heterocycles. The number of nitrogens with one attached hydrogen (secondary N) is 1. The molecule has 11 heteroatoms. The summed E-state index contributed by atoms with van der Waals surface area (Å²) in [6.07, 6.45) is -1.45. The van der Waals surface area contributed by atoms with E-state index in [-0.39, 0.29) is 39.5 Å². The fourth-order valence-corrected chi connectivity index (χ4v) is 3.07. The Labute approximate surface area is 186 Å². The van der Waals surface area contributed by atoms with Gasteiger partial charge in [-0.25, -0.2) is 4.98 Å². The molecule has 1 aromatic carbocycles. The number of carbonyl (C=O) groups excluding carboxylic acids is 1. The van der Waals surface area contributed by atoms with E-state index in [4.69, 9.17) is 32.8 Å². The number of alkyl halides is 3. The molecule has 0 unspecified atom stereocenters. The first-order valence-corrected chi connectivity index (χ1v) is 9.96. The molecule has 0 spiro atoms. The van der Waals surface area contributed by atoms with Crippen molar-refractivity contribution >= 4 is 34.8 Å². The molecule has 1 aliphatic rings. The second-order valence-electron chi connectivity index (χ2n) is 6.83. The van der Waals surface area contributed by atoms with Crippen LogP contribution in [-0.4, -0.2) is 43.0 Å². The minimum Gasteiger partial charge on any atom is -0.468 e. The van der Waals surface area contributed by atoms with E-state index in [0.717, 1.165) is 24.8 Å². The number of benzene rings is 1. The van der Waals surface area contributed by atoms with Crippen LogP contribution in [0.4, 0.5) is 13.2 Å². The second-order valence-corrected chi connectivity index (χ2v) is 7.65. The molecular formula is C20H18Cl2F3N3O3. The maximum Gasteiger partial charge on any atom is 0.422 e.